The number of ether oxygens (including phenoxy) is 3. The molecular weight excluding hydrogens is 342 g/mol. The highest BCUT2D eigenvalue weighted by Crippen LogP contribution is 2.21. The second kappa shape index (κ2) is 9.42. The molecule has 0 radical (unpaired) electrons. The zero-order chi connectivity index (χ0) is 19.1. The van der Waals surface area contributed by atoms with Gasteiger partial charge >= 0.3 is 6.09 Å². The van der Waals surface area contributed by atoms with Crippen LogP contribution >= 0.6 is 0 Å². The van der Waals surface area contributed by atoms with Crippen LogP contribution in [0.15, 0.2) is 54.6 Å². The van der Waals surface area contributed by atoms with Gasteiger partial charge in [-0.2, -0.15) is 0 Å². The van der Waals surface area contributed by atoms with Gasteiger partial charge < -0.3 is 19.5 Å². The average molecular weight is 369 g/mol. The van der Waals surface area contributed by atoms with Gasteiger partial charge in [0.2, 0.25) is 0 Å². The van der Waals surface area contributed by atoms with Crippen molar-refractivity contribution in [1.29, 1.82) is 0 Å². The summed E-state index contributed by atoms with van der Waals surface area (Å²) in [5.74, 6) is 0.814. The van der Waals surface area contributed by atoms with Crippen LogP contribution in [0.25, 0.3) is 0 Å². The van der Waals surface area contributed by atoms with Crippen molar-refractivity contribution in [2.75, 3.05) is 6.61 Å². The Bertz CT molecular complexity index is 730. The molecule has 144 valence electrons. The number of rotatable bonds is 9. The molecule has 1 fully saturated rings. The van der Waals surface area contributed by atoms with Crippen molar-refractivity contribution in [2.45, 2.75) is 51.5 Å². The summed E-state index contributed by atoms with van der Waals surface area (Å²) in [4.78, 5) is 12.1. The van der Waals surface area contributed by atoms with Gasteiger partial charge in [-0.25, -0.2) is 4.79 Å². The number of carbonyl (C=O) groups excluding carboxylic acids is 1. The maximum atomic E-state index is 12.1. The molecule has 0 spiro atoms. The Kier molecular flexibility index (Phi) is 6.71. The van der Waals surface area contributed by atoms with E-state index in [0.717, 1.165) is 23.3 Å². The van der Waals surface area contributed by atoms with Crippen LogP contribution in [-0.4, -0.2) is 30.9 Å². The number of hydrogen-bond acceptors (Lipinski definition) is 4. The summed E-state index contributed by atoms with van der Waals surface area (Å²) in [7, 11) is 0. The number of nitrogens with one attached hydrogen (secondary N) is 1. The fourth-order valence-corrected chi connectivity index (χ4v) is 2.77. The van der Waals surface area contributed by atoms with Crippen molar-refractivity contribution in [1.82, 2.24) is 5.32 Å². The molecule has 0 bridgehead atoms. The molecule has 1 N–H and O–H groups in total. The van der Waals surface area contributed by atoms with Gasteiger partial charge in [0.1, 0.15) is 24.6 Å². The molecule has 3 atom stereocenters. The first kappa shape index (κ1) is 19.2. The Balaban J connectivity index is 1.57. The highest BCUT2D eigenvalue weighted by Gasteiger charge is 2.34. The first-order chi connectivity index (χ1) is 13.1. The summed E-state index contributed by atoms with van der Waals surface area (Å²) in [6, 6.07) is 17.9. The van der Waals surface area contributed by atoms with Gasteiger partial charge in [0.25, 0.3) is 0 Å². The molecule has 1 aliphatic rings. The molecule has 0 aliphatic carbocycles. The standard InChI is InChI=1S/C22H27NO4/c1-3-16(2)27-22(24)23-20(21-15-26-21)13-18-10-7-11-19(12-18)25-14-17-8-5-4-6-9-17/h4-12,16,20-21H,3,13-15H2,1-2H3,(H,23,24)/t16?,20-,21+/m0/s1. The zero-order valence-corrected chi connectivity index (χ0v) is 15.9. The molecule has 3 rings (SSSR count). The summed E-state index contributed by atoms with van der Waals surface area (Å²) < 4.78 is 16.6. The van der Waals surface area contributed by atoms with Crippen molar-refractivity contribution in [2.24, 2.45) is 0 Å². The lowest BCUT2D eigenvalue weighted by Gasteiger charge is -2.19. The van der Waals surface area contributed by atoms with Crippen LogP contribution < -0.4 is 10.1 Å². The van der Waals surface area contributed by atoms with Gasteiger partial charge in [-0.1, -0.05) is 49.4 Å². The molecule has 5 nitrogen and oxygen atoms in total. The number of amides is 1. The summed E-state index contributed by atoms with van der Waals surface area (Å²) >= 11 is 0. The molecule has 0 aromatic heterocycles. The lowest BCUT2D eigenvalue weighted by atomic mass is 10.0. The van der Waals surface area contributed by atoms with E-state index in [1.807, 2.05) is 68.4 Å². The second-order valence-corrected chi connectivity index (χ2v) is 6.87. The number of hydrogen-bond donors (Lipinski definition) is 1. The van der Waals surface area contributed by atoms with E-state index in [4.69, 9.17) is 14.2 Å². The fourth-order valence-electron chi connectivity index (χ4n) is 2.77. The van der Waals surface area contributed by atoms with Crippen molar-refractivity contribution < 1.29 is 19.0 Å². The van der Waals surface area contributed by atoms with E-state index >= 15 is 0 Å². The highest BCUT2D eigenvalue weighted by molar-refractivity contribution is 5.68. The largest absolute Gasteiger partial charge is 0.489 e. The highest BCUT2D eigenvalue weighted by atomic mass is 16.6. The minimum atomic E-state index is -0.388. The zero-order valence-electron chi connectivity index (χ0n) is 15.9. The van der Waals surface area contributed by atoms with Crippen LogP contribution in [0.1, 0.15) is 31.4 Å². The van der Waals surface area contributed by atoms with E-state index in [9.17, 15) is 4.79 Å². The Labute approximate surface area is 160 Å². The third kappa shape index (κ3) is 6.29. The molecule has 5 heteroatoms. The topological polar surface area (TPSA) is 60.1 Å². The third-order valence-electron chi connectivity index (χ3n) is 4.60. The van der Waals surface area contributed by atoms with E-state index < -0.39 is 0 Å². The molecule has 2 aromatic carbocycles. The number of carbonyl (C=O) groups is 1. The van der Waals surface area contributed by atoms with E-state index in [-0.39, 0.29) is 24.3 Å². The monoisotopic (exact) mass is 369 g/mol. The first-order valence-electron chi connectivity index (χ1n) is 9.48. The summed E-state index contributed by atoms with van der Waals surface area (Å²) in [5, 5.41) is 2.94. The van der Waals surface area contributed by atoms with Crippen molar-refractivity contribution in [3.05, 3.63) is 65.7 Å². The van der Waals surface area contributed by atoms with Gasteiger partial charge in [0.05, 0.1) is 12.6 Å². The summed E-state index contributed by atoms with van der Waals surface area (Å²) in [6.45, 7) is 5.06. The van der Waals surface area contributed by atoms with Crippen LogP contribution in [-0.2, 0) is 22.5 Å². The fraction of sp³-hybridized carbons (Fsp3) is 0.409. The molecule has 2 aromatic rings. The van der Waals surface area contributed by atoms with E-state index in [0.29, 0.717) is 19.6 Å². The Morgan fingerprint density at radius 3 is 2.63 bits per heavy atom. The maximum Gasteiger partial charge on any atom is 0.407 e. The smallest absolute Gasteiger partial charge is 0.407 e. The lowest BCUT2D eigenvalue weighted by molar-refractivity contribution is 0.0999. The van der Waals surface area contributed by atoms with Crippen LogP contribution in [0, 0.1) is 0 Å². The molecule has 1 amide bonds. The molecule has 1 aliphatic heterocycles. The van der Waals surface area contributed by atoms with Crippen LogP contribution in [0.2, 0.25) is 0 Å². The third-order valence-corrected chi connectivity index (χ3v) is 4.60. The Morgan fingerprint density at radius 1 is 1.19 bits per heavy atom. The van der Waals surface area contributed by atoms with E-state index in [2.05, 4.69) is 5.32 Å². The number of benzene rings is 2. The summed E-state index contributed by atoms with van der Waals surface area (Å²) in [5.41, 5.74) is 2.21. The van der Waals surface area contributed by atoms with Gasteiger partial charge in [-0.05, 0) is 43.0 Å². The van der Waals surface area contributed by atoms with Crippen molar-refractivity contribution >= 4 is 6.09 Å². The average Bonchev–Trinajstić information content (AvgIpc) is 3.52. The summed E-state index contributed by atoms with van der Waals surface area (Å²) in [6.07, 6.45) is 1.02. The lowest BCUT2D eigenvalue weighted by Crippen LogP contribution is -2.41. The molecular formula is C22H27NO4. The Hall–Kier alpha value is -2.53. The van der Waals surface area contributed by atoms with Gasteiger partial charge in [0, 0.05) is 0 Å². The molecule has 1 saturated heterocycles. The molecule has 1 unspecified atom stereocenters. The minimum Gasteiger partial charge on any atom is -0.489 e. The number of alkyl carbamates (subject to hydrolysis) is 1. The maximum absolute atomic E-state index is 12.1. The van der Waals surface area contributed by atoms with Gasteiger partial charge in [-0.3, -0.25) is 0 Å². The predicted molar refractivity (Wildman–Crippen MR) is 104 cm³/mol. The van der Waals surface area contributed by atoms with Gasteiger partial charge in [0.15, 0.2) is 0 Å². The van der Waals surface area contributed by atoms with E-state index in [1.54, 1.807) is 0 Å². The predicted octanol–water partition coefficient (Wildman–Crippen LogP) is 4.10. The molecule has 1 heterocycles. The van der Waals surface area contributed by atoms with Gasteiger partial charge in [-0.15, -0.1) is 0 Å². The quantitative estimate of drug-likeness (QED) is 0.676. The SMILES string of the molecule is CCC(C)OC(=O)N[C@@H](Cc1cccc(OCc2ccccc2)c1)[C@H]1CO1. The van der Waals surface area contributed by atoms with E-state index in [1.165, 1.54) is 0 Å². The second-order valence-electron chi connectivity index (χ2n) is 6.87. The molecule has 0 saturated carbocycles. The van der Waals surface area contributed by atoms with Crippen molar-refractivity contribution in [3.63, 3.8) is 0 Å². The molecule has 27 heavy (non-hydrogen) atoms. The van der Waals surface area contributed by atoms with Crippen LogP contribution in [0.3, 0.4) is 0 Å². The Morgan fingerprint density at radius 2 is 1.93 bits per heavy atom. The first-order valence-corrected chi connectivity index (χ1v) is 9.48. The minimum absolute atomic E-state index is 0.0448. The van der Waals surface area contributed by atoms with Crippen LogP contribution in [0.5, 0.6) is 5.75 Å². The number of epoxide rings is 1. The van der Waals surface area contributed by atoms with Crippen LogP contribution in [0.4, 0.5) is 4.79 Å². The van der Waals surface area contributed by atoms with Crippen molar-refractivity contribution in [3.8, 4) is 5.75 Å². The normalized spacial score (nSPS) is 17.6.